The number of carboxylic acid groups (broad SMARTS) is 1. The van der Waals surface area contributed by atoms with Crippen LogP contribution in [0.15, 0.2) is 16.5 Å². The zero-order chi connectivity index (χ0) is 12.1. The van der Waals surface area contributed by atoms with Gasteiger partial charge >= 0.3 is 5.97 Å². The van der Waals surface area contributed by atoms with E-state index in [2.05, 4.69) is 4.90 Å². The summed E-state index contributed by atoms with van der Waals surface area (Å²) in [5, 5.41) is 8.66. The average Bonchev–Trinajstić information content (AvgIpc) is 2.65. The van der Waals surface area contributed by atoms with Crippen molar-refractivity contribution in [3.63, 3.8) is 0 Å². The van der Waals surface area contributed by atoms with E-state index in [9.17, 15) is 4.79 Å². The summed E-state index contributed by atoms with van der Waals surface area (Å²) in [7, 11) is 0. The average molecular weight is 225 g/mol. The van der Waals surface area contributed by atoms with E-state index in [0.717, 1.165) is 18.1 Å². The first-order valence-corrected chi connectivity index (χ1v) is 5.56. The Kier molecular flexibility index (Phi) is 4.55. The van der Waals surface area contributed by atoms with Gasteiger partial charge in [0.15, 0.2) is 0 Å². The second kappa shape index (κ2) is 5.70. The Morgan fingerprint density at radius 3 is 2.69 bits per heavy atom. The van der Waals surface area contributed by atoms with Gasteiger partial charge in [-0.2, -0.15) is 0 Å². The molecule has 0 aromatic carbocycles. The number of hydrogen-bond donors (Lipinski definition) is 1. The molecular weight excluding hydrogens is 206 g/mol. The molecule has 0 amide bonds. The third-order valence-electron chi connectivity index (χ3n) is 2.74. The van der Waals surface area contributed by atoms with Crippen LogP contribution in [-0.2, 0) is 4.79 Å². The molecule has 0 spiro atoms. The smallest absolute Gasteiger partial charge is 0.304 e. The maximum Gasteiger partial charge on any atom is 0.304 e. The van der Waals surface area contributed by atoms with Crippen molar-refractivity contribution >= 4 is 5.97 Å². The number of furan rings is 1. The van der Waals surface area contributed by atoms with Crippen molar-refractivity contribution < 1.29 is 14.3 Å². The Labute approximate surface area is 95.9 Å². The molecule has 1 aromatic rings. The van der Waals surface area contributed by atoms with E-state index in [1.165, 1.54) is 0 Å². The van der Waals surface area contributed by atoms with Crippen molar-refractivity contribution in [1.29, 1.82) is 0 Å². The summed E-state index contributed by atoms with van der Waals surface area (Å²) in [4.78, 5) is 12.6. The van der Waals surface area contributed by atoms with E-state index in [0.29, 0.717) is 6.54 Å². The molecule has 1 heterocycles. The second-order valence-corrected chi connectivity index (χ2v) is 3.90. The van der Waals surface area contributed by atoms with E-state index in [-0.39, 0.29) is 12.5 Å². The molecule has 4 heteroatoms. The lowest BCUT2D eigenvalue weighted by atomic mass is 10.2. The largest absolute Gasteiger partial charge is 0.481 e. The van der Waals surface area contributed by atoms with Crippen molar-refractivity contribution in [2.45, 2.75) is 33.2 Å². The molecule has 16 heavy (non-hydrogen) atoms. The molecule has 4 nitrogen and oxygen atoms in total. The number of aliphatic carboxylic acids is 1. The van der Waals surface area contributed by atoms with E-state index < -0.39 is 5.97 Å². The number of carboxylic acids is 1. The Bertz CT molecular complexity index is 346. The first-order chi connectivity index (χ1) is 7.54. The molecule has 0 aliphatic carbocycles. The predicted molar refractivity (Wildman–Crippen MR) is 61.4 cm³/mol. The van der Waals surface area contributed by atoms with Gasteiger partial charge in [0.25, 0.3) is 0 Å². The van der Waals surface area contributed by atoms with Gasteiger partial charge in [-0.1, -0.05) is 6.92 Å². The first kappa shape index (κ1) is 12.8. The van der Waals surface area contributed by atoms with Gasteiger partial charge in [-0.25, -0.2) is 0 Å². The Hall–Kier alpha value is -1.29. The monoisotopic (exact) mass is 225 g/mol. The highest BCUT2D eigenvalue weighted by atomic mass is 16.4. The summed E-state index contributed by atoms with van der Waals surface area (Å²) < 4.78 is 5.55. The Morgan fingerprint density at radius 2 is 2.25 bits per heavy atom. The maximum atomic E-state index is 10.5. The molecule has 0 fully saturated rings. The van der Waals surface area contributed by atoms with Crippen molar-refractivity contribution in [2.24, 2.45) is 0 Å². The molecule has 0 aliphatic rings. The molecule has 1 atom stereocenters. The second-order valence-electron chi connectivity index (χ2n) is 3.90. The number of hydrogen-bond acceptors (Lipinski definition) is 3. The molecule has 1 N–H and O–H groups in total. The lowest BCUT2D eigenvalue weighted by molar-refractivity contribution is -0.137. The quantitative estimate of drug-likeness (QED) is 0.808. The zero-order valence-corrected chi connectivity index (χ0v) is 10.1. The Balaban J connectivity index is 2.61. The number of carbonyl (C=O) groups is 1. The van der Waals surface area contributed by atoms with Crippen LogP contribution in [-0.4, -0.2) is 29.1 Å². The third-order valence-corrected chi connectivity index (χ3v) is 2.74. The van der Waals surface area contributed by atoms with E-state index in [1.54, 1.807) is 0 Å². The molecule has 1 rings (SSSR count). The lowest BCUT2D eigenvalue weighted by Crippen LogP contribution is -2.29. The summed E-state index contributed by atoms with van der Waals surface area (Å²) in [5.74, 6) is 1.02. The van der Waals surface area contributed by atoms with Gasteiger partial charge < -0.3 is 9.52 Å². The minimum absolute atomic E-state index is 0.123. The van der Waals surface area contributed by atoms with Gasteiger partial charge in [0.1, 0.15) is 11.5 Å². The molecular formula is C12H19NO3. The predicted octanol–water partition coefficient (Wildman–Crippen LogP) is 2.45. The van der Waals surface area contributed by atoms with E-state index in [4.69, 9.17) is 9.52 Å². The highest BCUT2D eigenvalue weighted by Gasteiger charge is 2.17. The fraction of sp³-hybridized carbons (Fsp3) is 0.583. The molecule has 1 aromatic heterocycles. The van der Waals surface area contributed by atoms with Crippen molar-refractivity contribution in [1.82, 2.24) is 4.90 Å². The molecule has 0 saturated heterocycles. The topological polar surface area (TPSA) is 53.7 Å². The molecule has 1 unspecified atom stereocenters. The van der Waals surface area contributed by atoms with Crippen LogP contribution in [0.3, 0.4) is 0 Å². The standard InChI is InChI=1S/C12H19NO3/c1-4-13(8-7-12(14)15)10(3)11-6-5-9(2)16-11/h5-6,10H,4,7-8H2,1-3H3,(H,14,15). The molecule has 0 bridgehead atoms. The third kappa shape index (κ3) is 3.38. The van der Waals surface area contributed by atoms with Gasteiger partial charge in [0.2, 0.25) is 0 Å². The van der Waals surface area contributed by atoms with Crippen molar-refractivity contribution in [2.75, 3.05) is 13.1 Å². The summed E-state index contributed by atoms with van der Waals surface area (Å²) in [6.45, 7) is 7.32. The fourth-order valence-electron chi connectivity index (χ4n) is 1.72. The highest BCUT2D eigenvalue weighted by molar-refractivity contribution is 5.66. The van der Waals surface area contributed by atoms with Crippen LogP contribution in [0.2, 0.25) is 0 Å². The van der Waals surface area contributed by atoms with Crippen molar-refractivity contribution in [3.8, 4) is 0 Å². The first-order valence-electron chi connectivity index (χ1n) is 5.56. The fourth-order valence-corrected chi connectivity index (χ4v) is 1.72. The summed E-state index contributed by atoms with van der Waals surface area (Å²) >= 11 is 0. The van der Waals surface area contributed by atoms with Crippen LogP contribution < -0.4 is 0 Å². The van der Waals surface area contributed by atoms with Crippen LogP contribution in [0.5, 0.6) is 0 Å². The molecule has 0 radical (unpaired) electrons. The summed E-state index contributed by atoms with van der Waals surface area (Å²) in [5.41, 5.74) is 0. The van der Waals surface area contributed by atoms with Crippen LogP contribution in [0.1, 0.15) is 37.8 Å². The lowest BCUT2D eigenvalue weighted by Gasteiger charge is -2.25. The maximum absolute atomic E-state index is 10.5. The van der Waals surface area contributed by atoms with Gasteiger partial charge in [-0.3, -0.25) is 9.69 Å². The zero-order valence-electron chi connectivity index (χ0n) is 10.1. The summed E-state index contributed by atoms with van der Waals surface area (Å²) in [6.07, 6.45) is 0.165. The normalized spacial score (nSPS) is 13.0. The SMILES string of the molecule is CCN(CCC(=O)O)C(C)c1ccc(C)o1. The minimum Gasteiger partial charge on any atom is -0.481 e. The molecule has 0 aliphatic heterocycles. The van der Waals surface area contributed by atoms with Crippen LogP contribution in [0.25, 0.3) is 0 Å². The number of aryl methyl sites for hydroxylation is 1. The number of rotatable bonds is 6. The van der Waals surface area contributed by atoms with Crippen LogP contribution >= 0.6 is 0 Å². The van der Waals surface area contributed by atoms with E-state index in [1.807, 2.05) is 32.9 Å². The summed E-state index contributed by atoms with van der Waals surface area (Å²) in [6, 6.07) is 4.00. The highest BCUT2D eigenvalue weighted by Crippen LogP contribution is 2.22. The van der Waals surface area contributed by atoms with Gasteiger partial charge in [-0.15, -0.1) is 0 Å². The van der Waals surface area contributed by atoms with Crippen LogP contribution in [0.4, 0.5) is 0 Å². The van der Waals surface area contributed by atoms with E-state index >= 15 is 0 Å². The minimum atomic E-state index is -0.763. The Morgan fingerprint density at radius 1 is 1.56 bits per heavy atom. The van der Waals surface area contributed by atoms with Gasteiger partial charge in [-0.05, 0) is 32.5 Å². The van der Waals surface area contributed by atoms with Crippen LogP contribution in [0, 0.1) is 6.92 Å². The van der Waals surface area contributed by atoms with Gasteiger partial charge in [0.05, 0.1) is 12.5 Å². The number of nitrogens with zero attached hydrogens (tertiary/aromatic N) is 1. The van der Waals surface area contributed by atoms with Gasteiger partial charge in [0, 0.05) is 6.54 Å². The molecule has 0 saturated carbocycles. The molecule has 90 valence electrons. The van der Waals surface area contributed by atoms with Crippen molar-refractivity contribution in [3.05, 3.63) is 23.7 Å².